The predicted octanol–water partition coefficient (Wildman–Crippen LogP) is 3.43. The zero-order chi connectivity index (χ0) is 14.6. The lowest BCUT2D eigenvalue weighted by Gasteiger charge is -2.38. The molecule has 2 fully saturated rings. The third-order valence-corrected chi connectivity index (χ3v) is 4.75. The first kappa shape index (κ1) is 16.1. The van der Waals surface area contributed by atoms with E-state index < -0.39 is 12.6 Å². The third-order valence-electron chi connectivity index (χ3n) is 4.75. The molecule has 1 saturated carbocycles. The quantitative estimate of drug-likeness (QED) is 0.835. The normalized spacial score (nSPS) is 30.0. The van der Waals surface area contributed by atoms with E-state index in [1.807, 2.05) is 6.92 Å². The van der Waals surface area contributed by atoms with E-state index in [4.69, 9.17) is 0 Å². The molecule has 0 bridgehead atoms. The minimum atomic E-state index is -4.03. The summed E-state index contributed by atoms with van der Waals surface area (Å²) in [4.78, 5) is 2.16. The van der Waals surface area contributed by atoms with Crippen molar-refractivity contribution in [3.8, 4) is 0 Å². The molecule has 1 heterocycles. The van der Waals surface area contributed by atoms with Gasteiger partial charge in [0.25, 0.3) is 0 Å². The molecule has 0 aromatic carbocycles. The lowest BCUT2D eigenvalue weighted by atomic mass is 9.91. The van der Waals surface area contributed by atoms with E-state index in [-0.39, 0.29) is 12.0 Å². The van der Waals surface area contributed by atoms with E-state index in [1.54, 1.807) is 0 Å². The molecule has 0 radical (unpaired) electrons. The maximum Gasteiger partial charge on any atom is 0.389 e. The predicted molar refractivity (Wildman–Crippen MR) is 74.6 cm³/mol. The van der Waals surface area contributed by atoms with Gasteiger partial charge in [0.05, 0.1) is 0 Å². The summed E-state index contributed by atoms with van der Waals surface area (Å²) in [6.07, 6.45) is 1.20. The Morgan fingerprint density at radius 2 is 1.80 bits per heavy atom. The van der Waals surface area contributed by atoms with Gasteiger partial charge in [-0.2, -0.15) is 13.2 Å². The van der Waals surface area contributed by atoms with Gasteiger partial charge in [-0.15, -0.1) is 0 Å². The number of piperidine rings is 1. The van der Waals surface area contributed by atoms with Crippen LogP contribution in [-0.4, -0.2) is 43.3 Å². The van der Waals surface area contributed by atoms with Crippen molar-refractivity contribution in [2.75, 3.05) is 26.2 Å². The van der Waals surface area contributed by atoms with E-state index >= 15 is 0 Å². The average Bonchev–Trinajstić information content (AvgIpc) is 2.87. The largest absolute Gasteiger partial charge is 0.389 e. The molecule has 0 aromatic heterocycles. The van der Waals surface area contributed by atoms with Crippen molar-refractivity contribution in [2.45, 2.75) is 57.7 Å². The molecule has 2 nitrogen and oxygen atoms in total. The van der Waals surface area contributed by atoms with E-state index in [9.17, 15) is 13.2 Å². The molecule has 0 aromatic rings. The van der Waals surface area contributed by atoms with Crippen LogP contribution in [0.2, 0.25) is 0 Å². The zero-order valence-electron chi connectivity index (χ0n) is 12.4. The van der Waals surface area contributed by atoms with Gasteiger partial charge >= 0.3 is 6.18 Å². The Bertz CT molecular complexity index is 287. The van der Waals surface area contributed by atoms with Crippen LogP contribution in [-0.2, 0) is 0 Å². The van der Waals surface area contributed by atoms with E-state index in [1.165, 1.54) is 25.7 Å². The molecule has 1 aliphatic carbocycles. The first-order valence-electron chi connectivity index (χ1n) is 7.98. The lowest BCUT2D eigenvalue weighted by molar-refractivity contribution is -0.148. The Morgan fingerprint density at radius 1 is 1.10 bits per heavy atom. The highest BCUT2D eigenvalue weighted by atomic mass is 19.4. The van der Waals surface area contributed by atoms with Gasteiger partial charge in [-0.1, -0.05) is 19.8 Å². The molecule has 1 saturated heterocycles. The number of likely N-dealkylation sites (tertiary alicyclic amines) is 1. The minimum absolute atomic E-state index is 0.233. The number of hydrogen-bond acceptors (Lipinski definition) is 2. The van der Waals surface area contributed by atoms with Crippen LogP contribution in [0.5, 0.6) is 0 Å². The van der Waals surface area contributed by atoms with Gasteiger partial charge in [0.1, 0.15) is 0 Å². The highest BCUT2D eigenvalue weighted by Gasteiger charge is 2.36. The van der Waals surface area contributed by atoms with E-state index in [0.717, 1.165) is 25.6 Å². The first-order valence-corrected chi connectivity index (χ1v) is 7.98. The van der Waals surface area contributed by atoms with Crippen molar-refractivity contribution in [3.05, 3.63) is 0 Å². The van der Waals surface area contributed by atoms with Gasteiger partial charge in [-0.25, -0.2) is 0 Å². The van der Waals surface area contributed by atoms with Crippen molar-refractivity contribution in [2.24, 2.45) is 11.8 Å². The average molecular weight is 292 g/mol. The van der Waals surface area contributed by atoms with Gasteiger partial charge in [-0.3, -0.25) is 0 Å². The summed E-state index contributed by atoms with van der Waals surface area (Å²) in [6, 6.07) is 0.233. The Hall–Kier alpha value is -0.290. The third kappa shape index (κ3) is 5.24. The Balaban J connectivity index is 1.80. The number of halogens is 3. The van der Waals surface area contributed by atoms with E-state index in [2.05, 4.69) is 10.2 Å². The maximum atomic E-state index is 12.6. The van der Waals surface area contributed by atoms with E-state index in [0.29, 0.717) is 13.0 Å². The number of nitrogens with one attached hydrogen (secondary N) is 1. The Kier molecular flexibility index (Phi) is 5.73. The van der Waals surface area contributed by atoms with Crippen LogP contribution < -0.4 is 5.32 Å². The maximum absolute atomic E-state index is 12.6. The van der Waals surface area contributed by atoms with Crippen molar-refractivity contribution in [1.29, 1.82) is 0 Å². The van der Waals surface area contributed by atoms with Crippen LogP contribution in [0.1, 0.15) is 45.4 Å². The van der Waals surface area contributed by atoms with Crippen LogP contribution in [0.15, 0.2) is 0 Å². The summed E-state index contributed by atoms with van der Waals surface area (Å²) >= 11 is 0. The number of alkyl halides is 3. The summed E-state index contributed by atoms with van der Waals surface area (Å²) in [5.74, 6) is 0.498. The van der Waals surface area contributed by atoms with Crippen molar-refractivity contribution in [1.82, 2.24) is 10.2 Å². The highest BCUT2D eigenvalue weighted by molar-refractivity contribution is 4.85. The van der Waals surface area contributed by atoms with Crippen molar-refractivity contribution >= 4 is 0 Å². The fourth-order valence-electron chi connectivity index (χ4n) is 3.73. The molecule has 1 N–H and O–H groups in total. The number of likely N-dealkylation sites (N-methyl/N-ethyl adjacent to an activating group) is 1. The van der Waals surface area contributed by atoms with Crippen LogP contribution in [0.3, 0.4) is 0 Å². The van der Waals surface area contributed by atoms with Crippen molar-refractivity contribution < 1.29 is 13.2 Å². The highest BCUT2D eigenvalue weighted by Crippen LogP contribution is 2.30. The second kappa shape index (κ2) is 7.12. The minimum Gasteiger partial charge on any atom is -0.312 e. The summed E-state index contributed by atoms with van der Waals surface area (Å²) in [6.45, 7) is 5.36. The Morgan fingerprint density at radius 3 is 2.40 bits per heavy atom. The molecular weight excluding hydrogens is 265 g/mol. The second-order valence-corrected chi connectivity index (χ2v) is 6.53. The lowest BCUT2D eigenvalue weighted by Crippen LogP contribution is -2.50. The standard InChI is InChI=1S/C15H27F3N2/c1-2-20-10-13(8-15(16,17)18)7-14(11-20)19-9-12-5-3-4-6-12/h12-14,19H,2-11H2,1H3. The molecule has 2 unspecified atom stereocenters. The fraction of sp³-hybridized carbons (Fsp3) is 1.00. The monoisotopic (exact) mass is 292 g/mol. The smallest absolute Gasteiger partial charge is 0.312 e. The molecule has 118 valence electrons. The van der Waals surface area contributed by atoms with Gasteiger partial charge in [0, 0.05) is 25.6 Å². The van der Waals surface area contributed by atoms with Gasteiger partial charge < -0.3 is 10.2 Å². The molecule has 2 rings (SSSR count). The Labute approximate surface area is 120 Å². The number of nitrogens with zero attached hydrogens (tertiary/aromatic N) is 1. The first-order chi connectivity index (χ1) is 9.46. The summed E-state index contributed by atoms with van der Waals surface area (Å²) < 4.78 is 37.8. The second-order valence-electron chi connectivity index (χ2n) is 6.53. The SMILES string of the molecule is CCN1CC(CC(F)(F)F)CC(NCC2CCCC2)C1. The molecule has 20 heavy (non-hydrogen) atoms. The van der Waals surface area contributed by atoms with Crippen LogP contribution in [0, 0.1) is 11.8 Å². The molecular formula is C15H27F3N2. The van der Waals surface area contributed by atoms with Gasteiger partial charge in [0.15, 0.2) is 0 Å². The van der Waals surface area contributed by atoms with Crippen molar-refractivity contribution in [3.63, 3.8) is 0 Å². The number of hydrogen-bond donors (Lipinski definition) is 1. The zero-order valence-corrected chi connectivity index (χ0v) is 12.4. The molecule has 1 aliphatic heterocycles. The van der Waals surface area contributed by atoms with Crippen LogP contribution in [0.25, 0.3) is 0 Å². The topological polar surface area (TPSA) is 15.3 Å². The molecule has 5 heteroatoms. The molecule has 0 spiro atoms. The van der Waals surface area contributed by atoms with Gasteiger partial charge in [-0.05, 0) is 44.2 Å². The van der Waals surface area contributed by atoms with Crippen LogP contribution in [0.4, 0.5) is 13.2 Å². The summed E-state index contributed by atoms with van der Waals surface area (Å²) in [5, 5.41) is 3.53. The molecule has 2 aliphatic rings. The number of rotatable bonds is 5. The summed E-state index contributed by atoms with van der Waals surface area (Å²) in [5.41, 5.74) is 0. The fourth-order valence-corrected chi connectivity index (χ4v) is 3.73. The molecule has 2 atom stereocenters. The van der Waals surface area contributed by atoms with Gasteiger partial charge in [0.2, 0.25) is 0 Å². The van der Waals surface area contributed by atoms with Crippen LogP contribution >= 0.6 is 0 Å². The summed E-state index contributed by atoms with van der Waals surface area (Å²) in [7, 11) is 0. The molecule has 0 amide bonds.